The highest BCUT2D eigenvalue weighted by Crippen LogP contribution is 2.25. The van der Waals surface area contributed by atoms with Gasteiger partial charge in [0.1, 0.15) is 5.69 Å². The Morgan fingerprint density at radius 1 is 1.04 bits per heavy atom. The van der Waals surface area contributed by atoms with Crippen molar-refractivity contribution in [2.75, 3.05) is 6.54 Å². The molecule has 1 amide bonds. The number of carbonyl (C=O) groups excluding carboxylic acids is 1. The number of benzene rings is 2. The van der Waals surface area contributed by atoms with E-state index in [1.807, 2.05) is 60.7 Å². The van der Waals surface area contributed by atoms with Crippen molar-refractivity contribution in [2.24, 2.45) is 0 Å². The van der Waals surface area contributed by atoms with Gasteiger partial charge < -0.3 is 5.32 Å². The number of rotatable bonds is 6. The first-order chi connectivity index (χ1) is 11.8. The third-order valence-corrected chi connectivity index (χ3v) is 3.75. The van der Waals surface area contributed by atoms with Gasteiger partial charge in [-0.15, -0.1) is 5.10 Å². The fourth-order valence-electron chi connectivity index (χ4n) is 2.50. The fourth-order valence-corrected chi connectivity index (χ4v) is 2.50. The number of unbranched alkanes of at least 4 members (excludes halogenated alkanes) is 1. The summed E-state index contributed by atoms with van der Waals surface area (Å²) in [4.78, 5) is 12.5. The molecular formula is C19H20N4O. The van der Waals surface area contributed by atoms with Crippen LogP contribution in [0.25, 0.3) is 16.9 Å². The molecule has 1 N–H and O–H groups in total. The van der Waals surface area contributed by atoms with Crippen molar-refractivity contribution in [3.63, 3.8) is 0 Å². The molecule has 0 fully saturated rings. The monoisotopic (exact) mass is 320 g/mol. The Bertz CT molecular complexity index is 797. The van der Waals surface area contributed by atoms with E-state index in [0.29, 0.717) is 17.9 Å². The third kappa shape index (κ3) is 3.35. The van der Waals surface area contributed by atoms with Gasteiger partial charge in [-0.3, -0.25) is 4.79 Å². The summed E-state index contributed by atoms with van der Waals surface area (Å²) in [6, 6.07) is 19.5. The molecule has 0 unspecified atom stereocenters. The molecule has 1 aromatic heterocycles. The maximum Gasteiger partial charge on any atom is 0.274 e. The molecule has 122 valence electrons. The molecule has 0 bridgehead atoms. The van der Waals surface area contributed by atoms with Gasteiger partial charge in [0.25, 0.3) is 5.91 Å². The molecule has 1 heterocycles. The fraction of sp³-hybridized carbons (Fsp3) is 0.211. The Balaban J connectivity index is 2.04. The predicted molar refractivity (Wildman–Crippen MR) is 94.0 cm³/mol. The maximum atomic E-state index is 12.5. The molecule has 0 saturated carbocycles. The minimum atomic E-state index is -0.190. The lowest BCUT2D eigenvalue weighted by molar-refractivity contribution is 0.0949. The van der Waals surface area contributed by atoms with Crippen molar-refractivity contribution in [3.8, 4) is 16.9 Å². The second kappa shape index (κ2) is 7.55. The van der Waals surface area contributed by atoms with Crippen molar-refractivity contribution in [2.45, 2.75) is 19.8 Å². The van der Waals surface area contributed by atoms with E-state index in [0.717, 1.165) is 24.1 Å². The molecule has 2 aromatic carbocycles. The Morgan fingerprint density at radius 2 is 1.71 bits per heavy atom. The van der Waals surface area contributed by atoms with Crippen molar-refractivity contribution >= 4 is 5.91 Å². The Hall–Kier alpha value is -2.95. The third-order valence-electron chi connectivity index (χ3n) is 3.75. The molecule has 0 aliphatic heterocycles. The van der Waals surface area contributed by atoms with Gasteiger partial charge in [0, 0.05) is 12.1 Å². The number of aromatic nitrogens is 3. The lowest BCUT2D eigenvalue weighted by atomic mass is 10.1. The Morgan fingerprint density at radius 3 is 2.38 bits per heavy atom. The van der Waals surface area contributed by atoms with Crippen LogP contribution < -0.4 is 5.32 Å². The minimum Gasteiger partial charge on any atom is -0.351 e. The van der Waals surface area contributed by atoms with Gasteiger partial charge in [-0.05, 0) is 18.6 Å². The maximum absolute atomic E-state index is 12.5. The summed E-state index contributed by atoms with van der Waals surface area (Å²) in [7, 11) is 0. The van der Waals surface area contributed by atoms with Crippen LogP contribution in [0.1, 0.15) is 30.3 Å². The van der Waals surface area contributed by atoms with E-state index in [2.05, 4.69) is 22.6 Å². The summed E-state index contributed by atoms with van der Waals surface area (Å²) in [5, 5.41) is 11.3. The smallest absolute Gasteiger partial charge is 0.274 e. The van der Waals surface area contributed by atoms with Crippen molar-refractivity contribution in [1.82, 2.24) is 20.3 Å². The number of para-hydroxylation sites is 1. The lowest BCUT2D eigenvalue weighted by Gasteiger charge is -2.08. The zero-order valence-electron chi connectivity index (χ0n) is 13.6. The van der Waals surface area contributed by atoms with Crippen molar-refractivity contribution in [3.05, 3.63) is 66.4 Å². The lowest BCUT2D eigenvalue weighted by Crippen LogP contribution is -2.25. The topological polar surface area (TPSA) is 59.8 Å². The zero-order chi connectivity index (χ0) is 16.8. The van der Waals surface area contributed by atoms with Crippen LogP contribution >= 0.6 is 0 Å². The van der Waals surface area contributed by atoms with Gasteiger partial charge in [-0.25, -0.2) is 4.68 Å². The normalized spacial score (nSPS) is 10.5. The molecule has 3 rings (SSSR count). The summed E-state index contributed by atoms with van der Waals surface area (Å²) < 4.78 is 1.71. The van der Waals surface area contributed by atoms with Crippen LogP contribution in [0.3, 0.4) is 0 Å². The van der Waals surface area contributed by atoms with Gasteiger partial charge in [0.15, 0.2) is 5.69 Å². The molecule has 5 nitrogen and oxygen atoms in total. The van der Waals surface area contributed by atoms with Crippen LogP contribution in [0.4, 0.5) is 0 Å². The van der Waals surface area contributed by atoms with Crippen LogP contribution in [0.2, 0.25) is 0 Å². The van der Waals surface area contributed by atoms with E-state index < -0.39 is 0 Å². The first-order valence-corrected chi connectivity index (χ1v) is 8.16. The number of nitrogens with one attached hydrogen (secondary N) is 1. The average molecular weight is 320 g/mol. The summed E-state index contributed by atoms with van der Waals surface area (Å²) in [6.45, 7) is 2.73. The highest BCUT2D eigenvalue weighted by atomic mass is 16.2. The highest BCUT2D eigenvalue weighted by Gasteiger charge is 2.21. The predicted octanol–water partition coefficient (Wildman–Crippen LogP) is 3.46. The summed E-state index contributed by atoms with van der Waals surface area (Å²) in [5.41, 5.74) is 2.83. The van der Waals surface area contributed by atoms with Crippen LogP contribution in [-0.2, 0) is 0 Å². The molecule has 3 aromatic rings. The average Bonchev–Trinajstić information content (AvgIpc) is 3.08. The van der Waals surface area contributed by atoms with Gasteiger partial charge in [-0.1, -0.05) is 67.1 Å². The molecule has 24 heavy (non-hydrogen) atoms. The quantitative estimate of drug-likeness (QED) is 0.708. The minimum absolute atomic E-state index is 0.190. The molecular weight excluding hydrogens is 300 g/mol. The van der Waals surface area contributed by atoms with Crippen LogP contribution in [0, 0.1) is 0 Å². The molecule has 0 spiro atoms. The first-order valence-electron chi connectivity index (χ1n) is 8.16. The van der Waals surface area contributed by atoms with Crippen molar-refractivity contribution < 1.29 is 4.79 Å². The SMILES string of the molecule is CCCCNC(=O)c1nnn(-c2ccccc2)c1-c1ccccc1. The van der Waals surface area contributed by atoms with E-state index >= 15 is 0 Å². The van der Waals surface area contributed by atoms with E-state index in [9.17, 15) is 4.79 Å². The highest BCUT2D eigenvalue weighted by molar-refractivity contribution is 5.98. The van der Waals surface area contributed by atoms with E-state index in [1.54, 1.807) is 4.68 Å². The number of nitrogens with zero attached hydrogens (tertiary/aromatic N) is 3. The molecule has 0 atom stereocenters. The van der Waals surface area contributed by atoms with Crippen LogP contribution in [0.15, 0.2) is 60.7 Å². The summed E-state index contributed by atoms with van der Waals surface area (Å²) in [5.74, 6) is -0.190. The van der Waals surface area contributed by atoms with Crippen LogP contribution in [0.5, 0.6) is 0 Å². The second-order valence-corrected chi connectivity index (χ2v) is 5.51. The number of carbonyl (C=O) groups is 1. The number of hydrogen-bond acceptors (Lipinski definition) is 3. The first kappa shape index (κ1) is 15.9. The molecule has 0 radical (unpaired) electrons. The van der Waals surface area contributed by atoms with Gasteiger partial charge in [0.05, 0.1) is 5.69 Å². The molecule has 0 aliphatic rings. The molecule has 0 aliphatic carbocycles. The van der Waals surface area contributed by atoms with Gasteiger partial charge >= 0.3 is 0 Å². The Kier molecular flexibility index (Phi) is 5.01. The second-order valence-electron chi connectivity index (χ2n) is 5.51. The van der Waals surface area contributed by atoms with Gasteiger partial charge in [0.2, 0.25) is 0 Å². The van der Waals surface area contributed by atoms with E-state index in [1.165, 1.54) is 0 Å². The standard InChI is InChI=1S/C19H20N4O/c1-2-3-14-20-19(24)17-18(15-10-6-4-7-11-15)23(22-21-17)16-12-8-5-9-13-16/h4-13H,2-3,14H2,1H3,(H,20,24). The zero-order valence-corrected chi connectivity index (χ0v) is 13.6. The van der Waals surface area contributed by atoms with E-state index in [4.69, 9.17) is 0 Å². The summed E-state index contributed by atoms with van der Waals surface area (Å²) >= 11 is 0. The number of hydrogen-bond donors (Lipinski definition) is 1. The van der Waals surface area contributed by atoms with Gasteiger partial charge in [-0.2, -0.15) is 0 Å². The Labute approximate surface area is 141 Å². The molecule has 5 heteroatoms. The largest absolute Gasteiger partial charge is 0.351 e. The van der Waals surface area contributed by atoms with Crippen LogP contribution in [-0.4, -0.2) is 27.4 Å². The van der Waals surface area contributed by atoms with Crippen molar-refractivity contribution in [1.29, 1.82) is 0 Å². The summed E-state index contributed by atoms with van der Waals surface area (Å²) in [6.07, 6.45) is 1.97. The number of amides is 1. The molecule has 0 saturated heterocycles. The van der Waals surface area contributed by atoms with E-state index in [-0.39, 0.29) is 5.91 Å².